The van der Waals surface area contributed by atoms with Gasteiger partial charge in [0.1, 0.15) is 6.61 Å². The minimum Gasteiger partial charge on any atom is -0.462 e. The van der Waals surface area contributed by atoms with E-state index in [2.05, 4.69) is 142 Å². The van der Waals surface area contributed by atoms with Gasteiger partial charge in [0.25, 0.3) is 0 Å². The zero-order valence-corrected chi connectivity index (χ0v) is 47.2. The van der Waals surface area contributed by atoms with Gasteiger partial charge in [0.2, 0.25) is 0 Å². The monoisotopic (exact) mass is 997 g/mol. The van der Waals surface area contributed by atoms with Gasteiger partial charge in [0, 0.05) is 19.4 Å². The Kier molecular flexibility index (Phi) is 58.4. The minimum absolute atomic E-state index is 0.0525. The van der Waals surface area contributed by atoms with Crippen LogP contribution in [0.25, 0.3) is 0 Å². The largest absolute Gasteiger partial charge is 0.462 e. The van der Waals surface area contributed by atoms with Crippen LogP contribution in [0.3, 0.4) is 0 Å². The van der Waals surface area contributed by atoms with Crippen LogP contribution >= 0.6 is 0 Å². The summed E-state index contributed by atoms with van der Waals surface area (Å²) < 4.78 is 17.5. The average molecular weight is 998 g/mol. The summed E-state index contributed by atoms with van der Waals surface area (Å²) in [6.07, 6.45) is 86.5. The molecule has 410 valence electrons. The van der Waals surface area contributed by atoms with Crippen molar-refractivity contribution in [3.8, 4) is 0 Å². The summed E-state index contributed by atoms with van der Waals surface area (Å²) in [4.78, 5) is 25.6. The second-order valence-corrected chi connectivity index (χ2v) is 19.5. The highest BCUT2D eigenvalue weighted by Gasteiger charge is 2.17. The van der Waals surface area contributed by atoms with Gasteiger partial charge in [-0.15, -0.1) is 0 Å². The fourth-order valence-corrected chi connectivity index (χ4v) is 8.09. The lowest BCUT2D eigenvalue weighted by Gasteiger charge is -2.18. The van der Waals surface area contributed by atoms with Gasteiger partial charge in [-0.05, 0) is 109 Å². The van der Waals surface area contributed by atoms with Crippen molar-refractivity contribution in [3.63, 3.8) is 0 Å². The van der Waals surface area contributed by atoms with Crippen molar-refractivity contribution in [3.05, 3.63) is 122 Å². The van der Waals surface area contributed by atoms with Crippen molar-refractivity contribution in [2.45, 2.75) is 271 Å². The van der Waals surface area contributed by atoms with E-state index in [4.69, 9.17) is 14.2 Å². The third kappa shape index (κ3) is 58.9. The molecule has 0 bridgehead atoms. The van der Waals surface area contributed by atoms with Crippen LogP contribution < -0.4 is 0 Å². The van der Waals surface area contributed by atoms with Gasteiger partial charge in [0.05, 0.1) is 6.61 Å². The number of carbonyl (C=O) groups excluding carboxylic acids is 2. The Morgan fingerprint density at radius 3 is 1.01 bits per heavy atom. The molecule has 0 rings (SSSR count). The zero-order valence-electron chi connectivity index (χ0n) is 47.2. The van der Waals surface area contributed by atoms with Crippen molar-refractivity contribution in [1.82, 2.24) is 0 Å². The first kappa shape index (κ1) is 68.3. The van der Waals surface area contributed by atoms with E-state index < -0.39 is 6.10 Å². The molecule has 5 heteroatoms. The first-order valence-electron chi connectivity index (χ1n) is 30.1. The molecule has 0 fully saturated rings. The van der Waals surface area contributed by atoms with Crippen LogP contribution in [0.15, 0.2) is 122 Å². The Hall–Kier alpha value is -3.70. The molecule has 0 heterocycles. The van der Waals surface area contributed by atoms with E-state index >= 15 is 0 Å². The minimum atomic E-state index is -0.571. The maximum absolute atomic E-state index is 12.9. The second kappa shape index (κ2) is 61.6. The highest BCUT2D eigenvalue weighted by Crippen LogP contribution is 2.15. The zero-order chi connectivity index (χ0) is 52.0. The highest BCUT2D eigenvalue weighted by molar-refractivity contribution is 5.70. The standard InChI is InChI=1S/C67H112O5/c1-4-7-10-13-16-19-22-25-28-31-33-35-38-41-44-47-50-53-56-59-62-70-63-65(72-67(69)61-58-55-52-49-46-43-40-36-30-27-24-21-18-15-12-9-6-3)64-71-66(68)60-57-54-51-48-45-42-39-37-34-32-29-26-23-20-17-14-11-8-5-2/h7-8,10-11,16-17,19-20,25-26,28-29,33-35,37,41-42,44-45,65H,4-6,9,12-15,18,21-24,27,30-32,36,38-40,43,46-64H2,1-3H3/b10-7-,11-8-,19-16-,20-17-,28-25-,29-26-,35-33-,37-34-,44-41-,45-42-. The van der Waals surface area contributed by atoms with Crippen molar-refractivity contribution >= 4 is 11.9 Å². The summed E-state index contributed by atoms with van der Waals surface area (Å²) in [5.74, 6) is -0.447. The van der Waals surface area contributed by atoms with E-state index in [1.165, 1.54) is 103 Å². The Bertz CT molecular complexity index is 1450. The molecule has 1 unspecified atom stereocenters. The van der Waals surface area contributed by atoms with Crippen molar-refractivity contribution in [2.75, 3.05) is 19.8 Å². The van der Waals surface area contributed by atoms with Gasteiger partial charge in [0.15, 0.2) is 6.10 Å². The Balaban J connectivity index is 4.41. The number of unbranched alkanes of at least 4 members (excludes halogenated alkanes) is 23. The third-order valence-electron chi connectivity index (χ3n) is 12.5. The average Bonchev–Trinajstić information content (AvgIpc) is 3.38. The van der Waals surface area contributed by atoms with Crippen LogP contribution in [0.4, 0.5) is 0 Å². The third-order valence-corrected chi connectivity index (χ3v) is 12.5. The molecule has 0 saturated heterocycles. The number of hydrogen-bond donors (Lipinski definition) is 0. The van der Waals surface area contributed by atoms with E-state index in [0.29, 0.717) is 19.4 Å². The molecule has 0 aliphatic carbocycles. The van der Waals surface area contributed by atoms with E-state index in [0.717, 1.165) is 128 Å². The molecule has 5 nitrogen and oxygen atoms in total. The maximum atomic E-state index is 12.9. The summed E-state index contributed by atoms with van der Waals surface area (Å²) >= 11 is 0. The molecule has 0 aliphatic heterocycles. The van der Waals surface area contributed by atoms with Crippen LogP contribution in [0.2, 0.25) is 0 Å². The number of esters is 2. The molecule has 0 aliphatic rings. The molecule has 0 N–H and O–H groups in total. The number of allylic oxidation sites excluding steroid dienone is 20. The van der Waals surface area contributed by atoms with Crippen LogP contribution in [0, 0.1) is 0 Å². The van der Waals surface area contributed by atoms with Crippen LogP contribution in [0.1, 0.15) is 265 Å². The molecule has 0 radical (unpaired) electrons. The lowest BCUT2D eigenvalue weighted by molar-refractivity contribution is -0.163. The smallest absolute Gasteiger partial charge is 0.306 e. The fraction of sp³-hybridized carbons (Fsp3) is 0.672. The normalized spacial score (nSPS) is 13.1. The Morgan fingerprint density at radius 1 is 0.319 bits per heavy atom. The second-order valence-electron chi connectivity index (χ2n) is 19.5. The van der Waals surface area contributed by atoms with Crippen molar-refractivity contribution in [1.29, 1.82) is 0 Å². The first-order chi connectivity index (χ1) is 35.6. The molecule has 0 aromatic carbocycles. The molecular formula is C67H112O5. The van der Waals surface area contributed by atoms with Crippen LogP contribution in [-0.4, -0.2) is 37.9 Å². The number of rotatable bonds is 54. The highest BCUT2D eigenvalue weighted by atomic mass is 16.6. The van der Waals surface area contributed by atoms with Crippen molar-refractivity contribution < 1.29 is 23.8 Å². The van der Waals surface area contributed by atoms with Gasteiger partial charge >= 0.3 is 11.9 Å². The van der Waals surface area contributed by atoms with Crippen molar-refractivity contribution in [2.24, 2.45) is 0 Å². The fourth-order valence-electron chi connectivity index (χ4n) is 8.09. The van der Waals surface area contributed by atoms with Crippen LogP contribution in [-0.2, 0) is 23.8 Å². The van der Waals surface area contributed by atoms with Gasteiger partial charge < -0.3 is 14.2 Å². The van der Waals surface area contributed by atoms with E-state index in [-0.39, 0.29) is 25.2 Å². The SMILES string of the molecule is CC/C=C\C/C=C\C/C=C\C/C=C\C/C=C\CCCCCCOCC(COC(=O)CCCCC/C=C\C/C=C\C/C=C\C/C=C\C/C=C\CC)OC(=O)CCCCCCCCCCCCCCCCCCC. The first-order valence-corrected chi connectivity index (χ1v) is 30.1. The van der Waals surface area contributed by atoms with E-state index in [9.17, 15) is 9.59 Å². The molecule has 0 spiro atoms. The summed E-state index contributed by atoms with van der Waals surface area (Å²) in [5, 5.41) is 0. The lowest BCUT2D eigenvalue weighted by Crippen LogP contribution is -2.30. The summed E-state index contributed by atoms with van der Waals surface area (Å²) in [7, 11) is 0. The molecule has 1 atom stereocenters. The molecular weight excluding hydrogens is 885 g/mol. The molecule has 0 amide bonds. The Labute approximate surface area is 446 Å². The van der Waals surface area contributed by atoms with E-state index in [1.807, 2.05) is 0 Å². The van der Waals surface area contributed by atoms with Gasteiger partial charge in [-0.2, -0.15) is 0 Å². The topological polar surface area (TPSA) is 61.8 Å². The van der Waals surface area contributed by atoms with E-state index in [1.54, 1.807) is 0 Å². The number of carbonyl (C=O) groups is 2. The predicted octanol–water partition coefficient (Wildman–Crippen LogP) is 20.9. The maximum Gasteiger partial charge on any atom is 0.306 e. The number of ether oxygens (including phenoxy) is 3. The lowest BCUT2D eigenvalue weighted by atomic mass is 10.0. The molecule has 0 aromatic heterocycles. The summed E-state index contributed by atoms with van der Waals surface area (Å²) in [5.41, 5.74) is 0. The van der Waals surface area contributed by atoms with Crippen LogP contribution in [0.5, 0.6) is 0 Å². The molecule has 0 aromatic rings. The molecule has 0 saturated carbocycles. The molecule has 72 heavy (non-hydrogen) atoms. The summed E-state index contributed by atoms with van der Waals surface area (Å²) in [6.45, 7) is 7.53. The van der Waals surface area contributed by atoms with Gasteiger partial charge in [-0.1, -0.05) is 264 Å². The van der Waals surface area contributed by atoms with Gasteiger partial charge in [-0.3, -0.25) is 9.59 Å². The Morgan fingerprint density at radius 2 is 0.625 bits per heavy atom. The van der Waals surface area contributed by atoms with Gasteiger partial charge in [-0.25, -0.2) is 0 Å². The predicted molar refractivity (Wildman–Crippen MR) is 316 cm³/mol. The quantitative estimate of drug-likeness (QED) is 0.0345. The summed E-state index contributed by atoms with van der Waals surface area (Å²) in [6, 6.07) is 0. The number of hydrogen-bond acceptors (Lipinski definition) is 5.